The molecular formula is C25H25BrN4O5S3. The number of thiazole rings is 1. The van der Waals surface area contributed by atoms with Gasteiger partial charge in [-0.05, 0) is 53.9 Å². The Bertz CT molecular complexity index is 1500. The summed E-state index contributed by atoms with van der Waals surface area (Å²) in [6.07, 6.45) is 1.60. The van der Waals surface area contributed by atoms with Gasteiger partial charge < -0.3 is 9.47 Å². The van der Waals surface area contributed by atoms with Crippen molar-refractivity contribution in [2.45, 2.75) is 4.90 Å². The van der Waals surface area contributed by atoms with Crippen molar-refractivity contribution in [3.8, 4) is 0 Å². The second kappa shape index (κ2) is 13.0. The van der Waals surface area contributed by atoms with Crippen LogP contribution in [0.4, 0.5) is 5.13 Å². The fourth-order valence-electron chi connectivity index (χ4n) is 3.42. The number of hydrogen-bond acceptors (Lipinski definition) is 9. The van der Waals surface area contributed by atoms with Gasteiger partial charge in [0.2, 0.25) is 15.2 Å². The Kier molecular flexibility index (Phi) is 9.76. The fraction of sp³-hybridized carbons (Fsp3) is 0.240. The van der Waals surface area contributed by atoms with Crippen LogP contribution >= 0.6 is 38.6 Å². The van der Waals surface area contributed by atoms with Crippen molar-refractivity contribution in [2.75, 3.05) is 45.5 Å². The van der Waals surface area contributed by atoms with Crippen LogP contribution in [0.5, 0.6) is 0 Å². The topological polar surface area (TPSA) is 101 Å². The summed E-state index contributed by atoms with van der Waals surface area (Å²) in [5.74, 6) is -0.435. The van der Waals surface area contributed by atoms with Crippen molar-refractivity contribution in [3.05, 3.63) is 74.9 Å². The molecule has 2 aromatic carbocycles. The van der Waals surface area contributed by atoms with E-state index in [0.717, 1.165) is 19.6 Å². The smallest absolute Gasteiger partial charge is 0.280 e. The third-order valence-corrected chi connectivity index (χ3v) is 9.59. The molecule has 2 heterocycles. The van der Waals surface area contributed by atoms with Crippen molar-refractivity contribution < 1.29 is 22.7 Å². The molecule has 38 heavy (non-hydrogen) atoms. The Morgan fingerprint density at radius 1 is 1.08 bits per heavy atom. The van der Waals surface area contributed by atoms with Crippen LogP contribution in [-0.4, -0.2) is 70.4 Å². The third-order valence-electron chi connectivity index (χ3n) is 5.39. The number of rotatable bonds is 12. The van der Waals surface area contributed by atoms with Gasteiger partial charge in [0, 0.05) is 42.2 Å². The number of methoxy groups -OCH3 is 2. The number of benzene rings is 2. The molecule has 9 nitrogen and oxygen atoms in total. The van der Waals surface area contributed by atoms with Gasteiger partial charge in [-0.25, -0.2) is 13.4 Å². The van der Waals surface area contributed by atoms with Gasteiger partial charge in [-0.1, -0.05) is 33.3 Å². The predicted octanol–water partition coefficient (Wildman–Crippen LogP) is 5.08. The Hall–Kier alpha value is -2.52. The van der Waals surface area contributed by atoms with Crippen LogP contribution in [0, 0.1) is 0 Å². The van der Waals surface area contributed by atoms with Crippen LogP contribution in [0.3, 0.4) is 0 Å². The maximum atomic E-state index is 13.6. The van der Waals surface area contributed by atoms with Crippen LogP contribution in [0.15, 0.2) is 74.4 Å². The van der Waals surface area contributed by atoms with Gasteiger partial charge in [0.05, 0.1) is 34.5 Å². The lowest BCUT2D eigenvalue weighted by atomic mass is 10.2. The van der Waals surface area contributed by atoms with E-state index >= 15 is 0 Å². The Morgan fingerprint density at radius 3 is 2.42 bits per heavy atom. The molecule has 4 rings (SSSR count). The first-order chi connectivity index (χ1) is 18.3. The number of carbonyl (C=O) groups excluding carboxylic acids is 1. The van der Waals surface area contributed by atoms with Crippen LogP contribution < -0.4 is 5.01 Å². The number of halogens is 1. The van der Waals surface area contributed by atoms with E-state index in [0.29, 0.717) is 5.13 Å². The molecule has 4 aromatic rings. The molecule has 0 N–H and O–H groups in total. The predicted molar refractivity (Wildman–Crippen MR) is 155 cm³/mol. The summed E-state index contributed by atoms with van der Waals surface area (Å²) < 4.78 is 39.7. The molecule has 0 fully saturated rings. The first-order valence-electron chi connectivity index (χ1n) is 11.4. The van der Waals surface area contributed by atoms with Gasteiger partial charge in [0.25, 0.3) is 5.91 Å². The number of carbonyl (C=O) groups is 1. The molecule has 0 saturated carbocycles. The summed E-state index contributed by atoms with van der Waals surface area (Å²) in [5, 5.41) is 8.01. The lowest BCUT2D eigenvalue weighted by molar-refractivity contribution is 0.0987. The van der Waals surface area contributed by atoms with E-state index in [4.69, 9.17) is 9.47 Å². The zero-order chi connectivity index (χ0) is 27.1. The first kappa shape index (κ1) is 28.5. The molecule has 0 aliphatic rings. The summed E-state index contributed by atoms with van der Waals surface area (Å²) in [6.45, 7) is 0.856. The average molecular weight is 638 g/mol. The van der Waals surface area contributed by atoms with Gasteiger partial charge in [-0.2, -0.15) is 14.4 Å². The van der Waals surface area contributed by atoms with E-state index < -0.39 is 15.9 Å². The maximum absolute atomic E-state index is 13.6. The lowest BCUT2D eigenvalue weighted by Gasteiger charge is -2.21. The quantitative estimate of drug-likeness (QED) is 0.159. The van der Waals surface area contributed by atoms with E-state index in [1.54, 1.807) is 6.21 Å². The molecule has 0 spiro atoms. The van der Waals surface area contributed by atoms with Crippen molar-refractivity contribution in [3.63, 3.8) is 0 Å². The molecule has 0 aliphatic carbocycles. The molecule has 0 radical (unpaired) electrons. The van der Waals surface area contributed by atoms with Gasteiger partial charge in [-0.3, -0.25) is 4.79 Å². The number of sulfonamides is 1. The molecule has 0 saturated heterocycles. The molecule has 0 aliphatic heterocycles. The average Bonchev–Trinajstić information content (AvgIpc) is 3.58. The number of anilines is 1. The Morgan fingerprint density at radius 2 is 1.79 bits per heavy atom. The van der Waals surface area contributed by atoms with E-state index in [1.807, 2.05) is 35.7 Å². The number of fused-ring (bicyclic) bond motifs is 1. The lowest BCUT2D eigenvalue weighted by Crippen LogP contribution is -2.36. The summed E-state index contributed by atoms with van der Waals surface area (Å²) in [7, 11) is -0.791. The van der Waals surface area contributed by atoms with E-state index in [2.05, 4.69) is 26.0 Å². The highest BCUT2D eigenvalue weighted by Gasteiger charge is 2.26. The second-order valence-electron chi connectivity index (χ2n) is 7.90. The maximum Gasteiger partial charge on any atom is 0.280 e. The summed E-state index contributed by atoms with van der Waals surface area (Å²) >= 11 is 6.29. The minimum absolute atomic E-state index is 0.0692. The number of nitrogens with zero attached hydrogens (tertiary/aromatic N) is 4. The molecule has 0 bridgehead atoms. The Balaban J connectivity index is 1.64. The number of ether oxygens (including phenoxy) is 2. The van der Waals surface area contributed by atoms with Crippen molar-refractivity contribution in [1.82, 2.24) is 9.29 Å². The molecule has 2 aromatic heterocycles. The summed E-state index contributed by atoms with van der Waals surface area (Å²) in [5.41, 5.74) is 1.01. The highest BCUT2D eigenvalue weighted by molar-refractivity contribution is 9.10. The monoisotopic (exact) mass is 636 g/mol. The van der Waals surface area contributed by atoms with Gasteiger partial charge in [0.1, 0.15) is 0 Å². The van der Waals surface area contributed by atoms with Crippen LogP contribution in [0.1, 0.15) is 15.2 Å². The van der Waals surface area contributed by atoms with Crippen molar-refractivity contribution >= 4 is 76.1 Å². The number of amides is 1. The molecule has 0 atom stereocenters. The van der Waals surface area contributed by atoms with Gasteiger partial charge in [-0.15, -0.1) is 11.3 Å². The highest BCUT2D eigenvalue weighted by atomic mass is 79.9. The second-order valence-corrected chi connectivity index (χ2v) is 12.7. The molecule has 200 valence electrons. The minimum atomic E-state index is -3.82. The first-order valence-corrected chi connectivity index (χ1v) is 15.3. The summed E-state index contributed by atoms with van der Waals surface area (Å²) in [6, 6.07) is 15.3. The van der Waals surface area contributed by atoms with Gasteiger partial charge >= 0.3 is 0 Å². The van der Waals surface area contributed by atoms with Crippen LogP contribution in [0.2, 0.25) is 0 Å². The standard InChI is InChI=1S/C25H25BrN4O5S3/c1-34-13-11-29(12-14-35-2)38(32,33)21-8-5-18(6-9-21)24(31)30(27-17-20-4-3-15-36-20)25-28-22-10-7-19(26)16-23(22)37-25/h3-10,15-17H,11-14H2,1-2H3/b27-17+. The zero-order valence-electron chi connectivity index (χ0n) is 20.6. The van der Waals surface area contributed by atoms with Crippen LogP contribution in [0.25, 0.3) is 10.2 Å². The number of aromatic nitrogens is 1. The molecular weight excluding hydrogens is 612 g/mol. The zero-order valence-corrected chi connectivity index (χ0v) is 24.6. The van der Waals surface area contributed by atoms with E-state index in [1.165, 1.54) is 70.5 Å². The van der Waals surface area contributed by atoms with Crippen molar-refractivity contribution in [2.24, 2.45) is 5.10 Å². The largest absolute Gasteiger partial charge is 0.383 e. The highest BCUT2D eigenvalue weighted by Crippen LogP contribution is 2.32. The fourth-order valence-corrected chi connectivity index (χ4v) is 6.89. The minimum Gasteiger partial charge on any atom is -0.383 e. The van der Waals surface area contributed by atoms with Gasteiger partial charge in [0.15, 0.2) is 0 Å². The van der Waals surface area contributed by atoms with E-state index in [9.17, 15) is 13.2 Å². The number of hydrazone groups is 1. The Labute approximate surface area is 237 Å². The number of thiophene rings is 1. The number of hydrogen-bond donors (Lipinski definition) is 0. The summed E-state index contributed by atoms with van der Waals surface area (Å²) in [4.78, 5) is 19.2. The molecule has 1 amide bonds. The third kappa shape index (κ3) is 6.72. The van der Waals surface area contributed by atoms with E-state index in [-0.39, 0.29) is 36.8 Å². The normalized spacial score (nSPS) is 12.1. The molecule has 0 unspecified atom stereocenters. The SMILES string of the molecule is COCCN(CCOC)S(=O)(=O)c1ccc(C(=O)N(/N=C/c2cccs2)c2nc3ccc(Br)cc3s2)cc1. The van der Waals surface area contributed by atoms with Crippen molar-refractivity contribution in [1.29, 1.82) is 0 Å². The molecule has 13 heteroatoms. The van der Waals surface area contributed by atoms with Crippen LogP contribution in [-0.2, 0) is 19.5 Å².